The third kappa shape index (κ3) is 5.19. The summed E-state index contributed by atoms with van der Waals surface area (Å²) < 4.78 is 5.10. The van der Waals surface area contributed by atoms with Crippen LogP contribution in [0.1, 0.15) is 35.6 Å². The fourth-order valence-electron chi connectivity index (χ4n) is 6.33. The Kier molecular flexibility index (Phi) is 7.77. The highest BCUT2D eigenvalue weighted by molar-refractivity contribution is 6.08. The van der Waals surface area contributed by atoms with Crippen LogP contribution < -0.4 is 9.80 Å². The Morgan fingerprint density at radius 2 is 1.81 bits per heavy atom. The van der Waals surface area contributed by atoms with Crippen LogP contribution in [0.5, 0.6) is 0 Å². The molecule has 3 amide bonds. The van der Waals surface area contributed by atoms with Gasteiger partial charge < -0.3 is 24.7 Å². The van der Waals surface area contributed by atoms with Crippen LogP contribution in [0.2, 0.25) is 0 Å². The first-order valence-corrected chi connectivity index (χ1v) is 14.6. The van der Waals surface area contributed by atoms with E-state index in [1.54, 1.807) is 47.1 Å². The molecule has 0 bridgehead atoms. The van der Waals surface area contributed by atoms with Gasteiger partial charge in [0.2, 0.25) is 5.91 Å². The maximum atomic E-state index is 14.0. The number of hydrogen-bond acceptors (Lipinski definition) is 6. The molecule has 222 valence electrons. The van der Waals surface area contributed by atoms with Crippen molar-refractivity contribution < 1.29 is 29.3 Å². The number of hydrogen-bond donors (Lipinski definition) is 2. The zero-order valence-electron chi connectivity index (χ0n) is 24.1. The molecule has 2 N–H and O–H groups in total. The van der Waals surface area contributed by atoms with Crippen LogP contribution in [0.3, 0.4) is 0 Å². The zero-order valence-corrected chi connectivity index (χ0v) is 24.1. The summed E-state index contributed by atoms with van der Waals surface area (Å²) in [5, 5.41) is 22.1. The number of aliphatic hydroxyl groups is 2. The number of carbonyl (C=O) groups is 3. The van der Waals surface area contributed by atoms with Crippen LogP contribution >= 0.6 is 0 Å². The van der Waals surface area contributed by atoms with Crippen molar-refractivity contribution in [1.29, 1.82) is 0 Å². The van der Waals surface area contributed by atoms with Crippen molar-refractivity contribution in [3.8, 4) is 0 Å². The summed E-state index contributed by atoms with van der Waals surface area (Å²) in [5.41, 5.74) is 2.72. The fourth-order valence-corrected chi connectivity index (χ4v) is 6.33. The number of ether oxygens (including phenoxy) is 1. The maximum Gasteiger partial charge on any atom is 0.414 e. The van der Waals surface area contributed by atoms with Crippen LogP contribution in [0.25, 0.3) is 0 Å². The molecule has 6 rings (SSSR count). The topological polar surface area (TPSA) is 111 Å². The molecule has 3 heterocycles. The molecular formula is C34H35N3O6. The predicted molar refractivity (Wildman–Crippen MR) is 161 cm³/mol. The van der Waals surface area contributed by atoms with Gasteiger partial charge in [-0.3, -0.25) is 14.5 Å². The zero-order chi connectivity index (χ0) is 30.1. The molecule has 0 unspecified atom stereocenters. The average molecular weight is 582 g/mol. The Bertz CT molecular complexity index is 1570. The highest BCUT2D eigenvalue weighted by atomic mass is 16.6. The van der Waals surface area contributed by atoms with Gasteiger partial charge in [-0.2, -0.15) is 0 Å². The Labute approximate surface area is 250 Å². The largest absolute Gasteiger partial charge is 0.447 e. The lowest BCUT2D eigenvalue weighted by atomic mass is 9.82. The molecule has 9 heteroatoms. The summed E-state index contributed by atoms with van der Waals surface area (Å²) in [7, 11) is 0. The first-order chi connectivity index (χ1) is 20.8. The molecule has 43 heavy (non-hydrogen) atoms. The number of cyclic esters (lactones) is 1. The average Bonchev–Trinajstić information content (AvgIpc) is 3.55. The quantitative estimate of drug-likeness (QED) is 0.391. The lowest BCUT2D eigenvalue weighted by Gasteiger charge is -2.36. The summed E-state index contributed by atoms with van der Waals surface area (Å²) in [6.45, 7) is 2.97. The number of amides is 3. The van der Waals surface area contributed by atoms with Gasteiger partial charge >= 0.3 is 6.09 Å². The van der Waals surface area contributed by atoms with Crippen LogP contribution in [0, 0.1) is 5.92 Å². The minimum Gasteiger partial charge on any atom is -0.447 e. The van der Waals surface area contributed by atoms with E-state index in [9.17, 15) is 24.6 Å². The van der Waals surface area contributed by atoms with Crippen molar-refractivity contribution in [3.63, 3.8) is 0 Å². The SMILES string of the molecule is C[C@H](/C=C/CC(=O)N1Cc2ccccc2C[C@H]1CO)[C@@]1(O)C(=O)N(Cc2ccccc2)c2ccc(N3CCOC3=O)cc21. The van der Waals surface area contributed by atoms with Crippen LogP contribution in [-0.4, -0.2) is 58.8 Å². The van der Waals surface area contributed by atoms with Crippen molar-refractivity contribution in [2.24, 2.45) is 5.92 Å². The summed E-state index contributed by atoms with van der Waals surface area (Å²) in [6, 6.07) is 22.4. The van der Waals surface area contributed by atoms with Crippen LogP contribution in [0.4, 0.5) is 16.2 Å². The summed E-state index contributed by atoms with van der Waals surface area (Å²) >= 11 is 0. The van der Waals surface area contributed by atoms with E-state index in [0.29, 0.717) is 36.4 Å². The molecular weight excluding hydrogens is 546 g/mol. The second-order valence-corrected chi connectivity index (χ2v) is 11.4. The Morgan fingerprint density at radius 3 is 2.53 bits per heavy atom. The molecule has 3 atom stereocenters. The molecule has 3 aliphatic heterocycles. The van der Waals surface area contributed by atoms with E-state index >= 15 is 0 Å². The molecule has 0 saturated carbocycles. The minimum atomic E-state index is -1.92. The second-order valence-electron chi connectivity index (χ2n) is 11.4. The van der Waals surface area contributed by atoms with E-state index in [4.69, 9.17) is 4.74 Å². The number of nitrogens with zero attached hydrogens (tertiary/aromatic N) is 3. The van der Waals surface area contributed by atoms with Gasteiger partial charge in [0.25, 0.3) is 5.91 Å². The van der Waals surface area contributed by atoms with Crippen molar-refractivity contribution in [1.82, 2.24) is 4.90 Å². The van der Waals surface area contributed by atoms with E-state index in [1.807, 2.05) is 54.6 Å². The van der Waals surface area contributed by atoms with Gasteiger partial charge in [0.1, 0.15) is 6.61 Å². The maximum absolute atomic E-state index is 14.0. The van der Waals surface area contributed by atoms with Gasteiger partial charge in [-0.25, -0.2) is 4.79 Å². The van der Waals surface area contributed by atoms with Crippen molar-refractivity contribution >= 4 is 29.3 Å². The lowest BCUT2D eigenvalue weighted by Crippen LogP contribution is -2.46. The molecule has 0 radical (unpaired) electrons. The van der Waals surface area contributed by atoms with Gasteiger partial charge in [-0.05, 0) is 41.3 Å². The number of rotatable bonds is 8. The summed E-state index contributed by atoms with van der Waals surface area (Å²) in [4.78, 5) is 44.3. The molecule has 9 nitrogen and oxygen atoms in total. The standard InChI is InChI=1S/C34H35N3O6/c1-23(8-7-13-31(39)36-21-26-12-6-5-11-25(26)18-28(36)22-38)34(42)29-19-27(35-16-17-43-33(35)41)14-15-30(29)37(32(34)40)20-24-9-3-2-4-10-24/h2-12,14-15,19,23,28,38,42H,13,16-18,20-22H2,1H3/b8-7+/t23-,28+,34+/m1/s1. The van der Waals surface area contributed by atoms with E-state index in [1.165, 1.54) is 4.90 Å². The number of anilines is 2. The molecule has 3 aromatic carbocycles. The highest BCUT2D eigenvalue weighted by Gasteiger charge is 2.53. The van der Waals surface area contributed by atoms with Crippen LogP contribution in [-0.2, 0) is 39.4 Å². The summed E-state index contributed by atoms with van der Waals surface area (Å²) in [6.07, 6.45) is 3.58. The number of fused-ring (bicyclic) bond motifs is 2. The van der Waals surface area contributed by atoms with E-state index in [0.717, 1.165) is 16.7 Å². The van der Waals surface area contributed by atoms with Gasteiger partial charge in [0, 0.05) is 30.1 Å². The predicted octanol–water partition coefficient (Wildman–Crippen LogP) is 3.91. The highest BCUT2D eigenvalue weighted by Crippen LogP contribution is 2.47. The Balaban J connectivity index is 1.26. The lowest BCUT2D eigenvalue weighted by molar-refractivity contribution is -0.139. The fraction of sp³-hybridized carbons (Fsp3) is 0.324. The van der Waals surface area contributed by atoms with Gasteiger partial charge in [0.15, 0.2) is 5.60 Å². The molecule has 0 spiro atoms. The second kappa shape index (κ2) is 11.7. The van der Waals surface area contributed by atoms with Crippen molar-refractivity contribution in [2.45, 2.75) is 44.5 Å². The first kappa shape index (κ1) is 28.6. The van der Waals surface area contributed by atoms with Gasteiger partial charge in [-0.15, -0.1) is 0 Å². The first-order valence-electron chi connectivity index (χ1n) is 14.6. The molecule has 1 saturated heterocycles. The molecule has 1 fully saturated rings. The van der Waals surface area contributed by atoms with E-state index in [-0.39, 0.29) is 38.1 Å². The Hall–Kier alpha value is -4.47. The minimum absolute atomic E-state index is 0.0630. The smallest absolute Gasteiger partial charge is 0.414 e. The molecule has 0 aromatic heterocycles. The van der Waals surface area contributed by atoms with Crippen molar-refractivity contribution in [3.05, 3.63) is 107 Å². The molecule has 0 aliphatic carbocycles. The van der Waals surface area contributed by atoms with Gasteiger partial charge in [0.05, 0.1) is 31.4 Å². The van der Waals surface area contributed by atoms with E-state index < -0.39 is 23.5 Å². The number of benzene rings is 3. The third-order valence-corrected chi connectivity index (χ3v) is 8.77. The Morgan fingerprint density at radius 1 is 1.07 bits per heavy atom. The number of aliphatic hydroxyl groups excluding tert-OH is 1. The van der Waals surface area contributed by atoms with Crippen LogP contribution in [0.15, 0.2) is 84.9 Å². The van der Waals surface area contributed by atoms with Gasteiger partial charge in [-0.1, -0.05) is 73.7 Å². The van der Waals surface area contributed by atoms with E-state index in [2.05, 4.69) is 0 Å². The number of carbonyl (C=O) groups excluding carboxylic acids is 3. The molecule has 3 aromatic rings. The summed E-state index contributed by atoms with van der Waals surface area (Å²) in [5.74, 6) is -1.30. The monoisotopic (exact) mass is 581 g/mol. The third-order valence-electron chi connectivity index (χ3n) is 8.77. The molecule has 3 aliphatic rings. The normalized spacial score (nSPS) is 22.1. The van der Waals surface area contributed by atoms with Crippen molar-refractivity contribution in [2.75, 3.05) is 29.6 Å².